The molecule has 1 aliphatic carbocycles. The van der Waals surface area contributed by atoms with Crippen molar-refractivity contribution in [3.8, 4) is 0 Å². The van der Waals surface area contributed by atoms with Crippen LogP contribution in [0.25, 0.3) is 0 Å². The van der Waals surface area contributed by atoms with E-state index < -0.39 is 12.1 Å². The highest BCUT2D eigenvalue weighted by molar-refractivity contribution is 5.88. The summed E-state index contributed by atoms with van der Waals surface area (Å²) in [5.41, 5.74) is 0.0815. The highest BCUT2D eigenvalue weighted by Gasteiger charge is 2.29. The smallest absolute Gasteiger partial charge is 0.339 e. The molecule has 1 fully saturated rings. The second-order valence-electron chi connectivity index (χ2n) is 4.35. The molecule has 0 bridgehead atoms. The van der Waals surface area contributed by atoms with Crippen molar-refractivity contribution in [2.75, 3.05) is 0 Å². The molecule has 0 amide bonds. The van der Waals surface area contributed by atoms with Crippen LogP contribution in [0, 0.1) is 5.92 Å². The summed E-state index contributed by atoms with van der Waals surface area (Å²) in [6, 6.07) is 1.39. The average molecular weight is 224 g/mol. The van der Waals surface area contributed by atoms with Gasteiger partial charge in [-0.3, -0.25) is 0 Å². The van der Waals surface area contributed by atoms with E-state index in [4.69, 9.17) is 9.52 Å². The maximum absolute atomic E-state index is 10.9. The van der Waals surface area contributed by atoms with Crippen LogP contribution >= 0.6 is 0 Å². The quantitative estimate of drug-likeness (QED) is 0.827. The first-order valence-corrected chi connectivity index (χ1v) is 5.69. The van der Waals surface area contributed by atoms with Gasteiger partial charge in [0.05, 0.1) is 6.26 Å². The summed E-state index contributed by atoms with van der Waals surface area (Å²) < 4.78 is 5.11. The van der Waals surface area contributed by atoms with E-state index in [2.05, 4.69) is 0 Å². The van der Waals surface area contributed by atoms with Gasteiger partial charge in [0.1, 0.15) is 17.4 Å². The molecule has 88 valence electrons. The van der Waals surface area contributed by atoms with E-state index in [1.54, 1.807) is 0 Å². The maximum atomic E-state index is 10.9. The molecule has 4 nitrogen and oxygen atoms in total. The number of hydrogen-bond donors (Lipinski definition) is 2. The molecule has 0 saturated heterocycles. The topological polar surface area (TPSA) is 70.7 Å². The lowest BCUT2D eigenvalue weighted by Gasteiger charge is -2.25. The molecule has 1 unspecified atom stereocenters. The molecule has 1 saturated carbocycles. The molecule has 0 spiro atoms. The van der Waals surface area contributed by atoms with Gasteiger partial charge in [0.25, 0.3) is 0 Å². The largest absolute Gasteiger partial charge is 0.478 e. The van der Waals surface area contributed by atoms with Gasteiger partial charge in [-0.1, -0.05) is 19.3 Å². The Labute approximate surface area is 93.9 Å². The van der Waals surface area contributed by atoms with Gasteiger partial charge >= 0.3 is 5.97 Å². The molecule has 0 radical (unpaired) electrons. The summed E-state index contributed by atoms with van der Waals surface area (Å²) in [6.07, 6.45) is 5.84. The minimum Gasteiger partial charge on any atom is -0.478 e. The number of aliphatic hydroxyl groups excluding tert-OH is 1. The maximum Gasteiger partial charge on any atom is 0.339 e. The summed E-state index contributed by atoms with van der Waals surface area (Å²) in [7, 11) is 0. The molecule has 2 rings (SSSR count). The highest BCUT2D eigenvalue weighted by Crippen LogP contribution is 2.35. The van der Waals surface area contributed by atoms with Gasteiger partial charge in [0.2, 0.25) is 0 Å². The Morgan fingerprint density at radius 1 is 1.38 bits per heavy atom. The van der Waals surface area contributed by atoms with Crippen molar-refractivity contribution in [3.05, 3.63) is 23.7 Å². The molecule has 2 N–H and O–H groups in total. The number of carbonyl (C=O) groups is 1. The Balaban J connectivity index is 2.15. The Morgan fingerprint density at radius 3 is 2.69 bits per heavy atom. The van der Waals surface area contributed by atoms with Crippen molar-refractivity contribution in [3.63, 3.8) is 0 Å². The van der Waals surface area contributed by atoms with Crippen molar-refractivity contribution >= 4 is 5.97 Å². The minimum atomic E-state index is -1.04. The standard InChI is InChI=1S/C12H16O4/c13-10(8-4-2-1-3-5-8)11-9(12(14)15)6-7-16-11/h6-8,10,13H,1-5H2,(H,14,15). The van der Waals surface area contributed by atoms with E-state index >= 15 is 0 Å². The number of aliphatic hydroxyl groups is 1. The third kappa shape index (κ3) is 2.11. The lowest BCUT2D eigenvalue weighted by molar-refractivity contribution is 0.0575. The van der Waals surface area contributed by atoms with Gasteiger partial charge in [0.15, 0.2) is 0 Å². The van der Waals surface area contributed by atoms with Crippen molar-refractivity contribution in [1.82, 2.24) is 0 Å². The molecular weight excluding hydrogens is 208 g/mol. The van der Waals surface area contributed by atoms with Crippen LogP contribution in [0.4, 0.5) is 0 Å². The minimum absolute atomic E-state index is 0.0815. The van der Waals surface area contributed by atoms with E-state index in [0.29, 0.717) is 0 Å². The second-order valence-corrected chi connectivity index (χ2v) is 4.35. The zero-order chi connectivity index (χ0) is 11.5. The summed E-state index contributed by atoms with van der Waals surface area (Å²) in [4.78, 5) is 10.9. The third-order valence-electron chi connectivity index (χ3n) is 3.29. The monoisotopic (exact) mass is 224 g/mol. The van der Waals surface area contributed by atoms with Gasteiger partial charge in [0, 0.05) is 0 Å². The van der Waals surface area contributed by atoms with Gasteiger partial charge < -0.3 is 14.6 Å². The first-order chi connectivity index (χ1) is 7.70. The SMILES string of the molecule is O=C(O)c1ccoc1C(O)C1CCCCC1. The molecule has 1 aromatic heterocycles. The first-order valence-electron chi connectivity index (χ1n) is 5.69. The first kappa shape index (κ1) is 11.2. The van der Waals surface area contributed by atoms with Crippen LogP contribution in [0.3, 0.4) is 0 Å². The van der Waals surface area contributed by atoms with Crippen LogP contribution in [0.1, 0.15) is 54.3 Å². The van der Waals surface area contributed by atoms with Gasteiger partial charge in [-0.2, -0.15) is 0 Å². The molecule has 1 atom stereocenters. The molecule has 1 aliphatic rings. The van der Waals surface area contributed by atoms with Gasteiger partial charge in [-0.15, -0.1) is 0 Å². The zero-order valence-corrected chi connectivity index (χ0v) is 9.06. The van der Waals surface area contributed by atoms with E-state index in [9.17, 15) is 9.90 Å². The van der Waals surface area contributed by atoms with Gasteiger partial charge in [-0.25, -0.2) is 4.79 Å². The summed E-state index contributed by atoms with van der Waals surface area (Å²) in [6.45, 7) is 0. The van der Waals surface area contributed by atoms with Gasteiger partial charge in [-0.05, 0) is 24.8 Å². The number of aromatic carboxylic acids is 1. The number of furan rings is 1. The Kier molecular flexibility index (Phi) is 3.29. The van der Waals surface area contributed by atoms with Crippen LogP contribution in [0.15, 0.2) is 16.7 Å². The lowest BCUT2D eigenvalue weighted by atomic mass is 9.84. The highest BCUT2D eigenvalue weighted by atomic mass is 16.4. The number of carboxylic acids is 1. The van der Waals surface area contributed by atoms with Crippen molar-refractivity contribution < 1.29 is 19.4 Å². The fraction of sp³-hybridized carbons (Fsp3) is 0.583. The molecule has 1 heterocycles. The summed E-state index contributed by atoms with van der Waals surface area (Å²) in [5, 5.41) is 19.0. The Bertz CT molecular complexity index is 363. The van der Waals surface area contributed by atoms with E-state index in [-0.39, 0.29) is 17.2 Å². The van der Waals surface area contributed by atoms with Crippen molar-refractivity contribution in [1.29, 1.82) is 0 Å². The Hall–Kier alpha value is -1.29. The molecule has 4 heteroatoms. The van der Waals surface area contributed by atoms with E-state index in [0.717, 1.165) is 25.7 Å². The van der Waals surface area contributed by atoms with Crippen LogP contribution in [0.2, 0.25) is 0 Å². The average Bonchev–Trinajstić information content (AvgIpc) is 2.78. The van der Waals surface area contributed by atoms with Crippen LogP contribution in [0.5, 0.6) is 0 Å². The second kappa shape index (κ2) is 4.70. The third-order valence-corrected chi connectivity index (χ3v) is 3.29. The van der Waals surface area contributed by atoms with Crippen molar-refractivity contribution in [2.24, 2.45) is 5.92 Å². The lowest BCUT2D eigenvalue weighted by Crippen LogP contribution is -2.17. The fourth-order valence-electron chi connectivity index (χ4n) is 2.39. The van der Waals surface area contributed by atoms with Crippen LogP contribution in [-0.2, 0) is 0 Å². The predicted molar refractivity (Wildman–Crippen MR) is 57.2 cm³/mol. The fourth-order valence-corrected chi connectivity index (χ4v) is 2.39. The number of hydrogen-bond acceptors (Lipinski definition) is 3. The van der Waals surface area contributed by atoms with E-state index in [1.165, 1.54) is 18.8 Å². The number of carboxylic acid groups (broad SMARTS) is 1. The summed E-state index contributed by atoms with van der Waals surface area (Å²) in [5.74, 6) is -0.698. The molecule has 1 aromatic rings. The van der Waals surface area contributed by atoms with Crippen LogP contribution < -0.4 is 0 Å². The molecule has 0 aliphatic heterocycles. The summed E-state index contributed by atoms with van der Waals surface area (Å²) >= 11 is 0. The zero-order valence-electron chi connectivity index (χ0n) is 9.06. The van der Waals surface area contributed by atoms with Crippen LogP contribution in [-0.4, -0.2) is 16.2 Å². The molecule has 16 heavy (non-hydrogen) atoms. The van der Waals surface area contributed by atoms with Crippen molar-refractivity contribution in [2.45, 2.75) is 38.2 Å². The Morgan fingerprint density at radius 2 is 2.06 bits per heavy atom. The van der Waals surface area contributed by atoms with E-state index in [1.807, 2.05) is 0 Å². The molecule has 0 aromatic carbocycles. The normalized spacial score (nSPS) is 19.6. The predicted octanol–water partition coefficient (Wildman–Crippen LogP) is 2.59. The number of rotatable bonds is 3. The molecular formula is C12H16O4.